The number of carboxylic acids is 1. The van der Waals surface area contributed by atoms with E-state index in [1.54, 1.807) is 25.1 Å². The Labute approximate surface area is 100 Å². The summed E-state index contributed by atoms with van der Waals surface area (Å²) < 4.78 is 11.4. The van der Waals surface area contributed by atoms with Crippen LogP contribution in [0.15, 0.2) is 18.2 Å². The number of aliphatic carboxylic acids is 1. The van der Waals surface area contributed by atoms with Crippen molar-refractivity contribution in [2.45, 2.75) is 38.9 Å². The van der Waals surface area contributed by atoms with E-state index < -0.39 is 17.7 Å². The van der Waals surface area contributed by atoms with Crippen LogP contribution in [0.2, 0.25) is 0 Å². The Bertz CT molecular complexity index is 455. The summed E-state index contributed by atoms with van der Waals surface area (Å²) in [5, 5.41) is 8.96. The Morgan fingerprint density at radius 3 is 2.65 bits per heavy atom. The van der Waals surface area contributed by atoms with Gasteiger partial charge in [-0.3, -0.25) is 4.79 Å². The lowest BCUT2D eigenvalue weighted by Gasteiger charge is -2.20. The fourth-order valence-corrected chi connectivity index (χ4v) is 1.73. The van der Waals surface area contributed by atoms with Gasteiger partial charge in [0.15, 0.2) is 11.5 Å². The van der Waals surface area contributed by atoms with Crippen LogP contribution in [0.5, 0.6) is 11.5 Å². The molecule has 1 aromatic carbocycles. The first kappa shape index (κ1) is 11.8. The zero-order valence-corrected chi connectivity index (χ0v) is 10.2. The predicted octanol–water partition coefficient (Wildman–Crippen LogP) is 2.77. The molecular weight excluding hydrogens is 220 g/mol. The number of hydrogen-bond donors (Lipinski definition) is 1. The van der Waals surface area contributed by atoms with Gasteiger partial charge in [0.1, 0.15) is 0 Å². The summed E-state index contributed by atoms with van der Waals surface area (Å²) in [5.74, 6) is -0.719. The Hall–Kier alpha value is -1.71. The van der Waals surface area contributed by atoms with Crippen LogP contribution in [0.25, 0.3) is 0 Å². The summed E-state index contributed by atoms with van der Waals surface area (Å²) in [6.07, 6.45) is 0.728. The molecule has 2 unspecified atom stereocenters. The van der Waals surface area contributed by atoms with Crippen molar-refractivity contribution in [1.29, 1.82) is 0 Å². The first-order valence-electron chi connectivity index (χ1n) is 5.70. The molecule has 0 saturated heterocycles. The lowest BCUT2D eigenvalue weighted by Crippen LogP contribution is -2.33. The van der Waals surface area contributed by atoms with E-state index in [0.29, 0.717) is 11.5 Å². The van der Waals surface area contributed by atoms with Gasteiger partial charge in [0.05, 0.1) is 5.92 Å². The second-order valence-electron chi connectivity index (χ2n) is 4.46. The van der Waals surface area contributed by atoms with Gasteiger partial charge in [-0.1, -0.05) is 13.0 Å². The van der Waals surface area contributed by atoms with Crippen LogP contribution in [0.3, 0.4) is 0 Å². The van der Waals surface area contributed by atoms with E-state index in [1.165, 1.54) is 0 Å². The molecule has 1 aliphatic heterocycles. The smallest absolute Gasteiger partial charge is 0.310 e. The second-order valence-corrected chi connectivity index (χ2v) is 4.46. The van der Waals surface area contributed by atoms with Crippen LogP contribution in [0.4, 0.5) is 0 Å². The van der Waals surface area contributed by atoms with E-state index in [2.05, 4.69) is 0 Å². The first-order chi connectivity index (χ1) is 7.95. The number of hydrogen-bond acceptors (Lipinski definition) is 3. The molecule has 0 fully saturated rings. The molecule has 92 valence electrons. The summed E-state index contributed by atoms with van der Waals surface area (Å²) in [5.41, 5.74) is 0.722. The minimum Gasteiger partial charge on any atom is -0.481 e. The predicted molar refractivity (Wildman–Crippen MR) is 62.4 cm³/mol. The first-order valence-corrected chi connectivity index (χ1v) is 5.70. The van der Waals surface area contributed by atoms with Crippen molar-refractivity contribution in [3.63, 3.8) is 0 Å². The summed E-state index contributed by atoms with van der Waals surface area (Å²) in [4.78, 5) is 10.9. The average Bonchev–Trinajstić information content (AvgIpc) is 2.64. The summed E-state index contributed by atoms with van der Waals surface area (Å²) in [6, 6.07) is 5.28. The molecule has 17 heavy (non-hydrogen) atoms. The number of ether oxygens (including phenoxy) is 2. The standard InChI is InChI=1S/C13H16O4/c1-4-13(3)16-10-6-5-9(7-11(10)17-13)8(2)12(14)15/h5-8H,4H2,1-3H3,(H,14,15). The van der Waals surface area contributed by atoms with Gasteiger partial charge in [-0.25, -0.2) is 0 Å². The summed E-state index contributed by atoms with van der Waals surface area (Å²) >= 11 is 0. The largest absolute Gasteiger partial charge is 0.481 e. The van der Waals surface area contributed by atoms with Gasteiger partial charge < -0.3 is 14.6 Å². The van der Waals surface area contributed by atoms with Crippen molar-refractivity contribution in [2.75, 3.05) is 0 Å². The molecule has 0 saturated carbocycles. The van der Waals surface area contributed by atoms with E-state index >= 15 is 0 Å². The van der Waals surface area contributed by atoms with Gasteiger partial charge >= 0.3 is 5.97 Å². The molecule has 0 aromatic heterocycles. The molecule has 1 aromatic rings. The van der Waals surface area contributed by atoms with E-state index in [4.69, 9.17) is 14.6 Å². The zero-order valence-electron chi connectivity index (χ0n) is 10.2. The van der Waals surface area contributed by atoms with Gasteiger partial charge in [-0.15, -0.1) is 0 Å². The Morgan fingerprint density at radius 1 is 1.41 bits per heavy atom. The maximum atomic E-state index is 10.9. The van der Waals surface area contributed by atoms with E-state index in [-0.39, 0.29) is 0 Å². The topological polar surface area (TPSA) is 55.8 Å². The van der Waals surface area contributed by atoms with Crippen molar-refractivity contribution in [1.82, 2.24) is 0 Å². The molecule has 0 spiro atoms. The average molecular weight is 236 g/mol. The normalized spacial score (nSPS) is 23.5. The number of benzene rings is 1. The molecule has 1 N–H and O–H groups in total. The van der Waals surface area contributed by atoms with Crippen molar-refractivity contribution in [3.05, 3.63) is 23.8 Å². The number of fused-ring (bicyclic) bond motifs is 1. The molecule has 0 radical (unpaired) electrons. The van der Waals surface area contributed by atoms with Crippen molar-refractivity contribution < 1.29 is 19.4 Å². The van der Waals surface area contributed by atoms with E-state index in [9.17, 15) is 4.79 Å². The molecule has 2 rings (SSSR count). The van der Waals surface area contributed by atoms with Crippen LogP contribution in [0, 0.1) is 0 Å². The SMILES string of the molecule is CCC1(C)Oc2ccc(C(C)C(=O)O)cc2O1. The van der Waals surface area contributed by atoms with E-state index in [0.717, 1.165) is 12.0 Å². The minimum atomic E-state index is -0.845. The van der Waals surface area contributed by atoms with Crippen molar-refractivity contribution in [2.24, 2.45) is 0 Å². The van der Waals surface area contributed by atoms with Gasteiger partial charge in [0.25, 0.3) is 0 Å². The molecule has 0 bridgehead atoms. The number of rotatable bonds is 3. The molecule has 4 nitrogen and oxygen atoms in total. The third-order valence-corrected chi connectivity index (χ3v) is 3.13. The van der Waals surface area contributed by atoms with Crippen LogP contribution < -0.4 is 9.47 Å². The van der Waals surface area contributed by atoms with E-state index in [1.807, 2.05) is 13.8 Å². The molecule has 4 heteroatoms. The Morgan fingerprint density at radius 2 is 2.06 bits per heavy atom. The maximum absolute atomic E-state index is 10.9. The molecule has 0 amide bonds. The molecule has 2 atom stereocenters. The Kier molecular flexibility index (Phi) is 2.73. The van der Waals surface area contributed by atoms with Crippen LogP contribution >= 0.6 is 0 Å². The molecule has 1 heterocycles. The second kappa shape index (κ2) is 3.95. The summed E-state index contributed by atoms with van der Waals surface area (Å²) in [6.45, 7) is 5.50. The highest BCUT2D eigenvalue weighted by molar-refractivity contribution is 5.76. The highest BCUT2D eigenvalue weighted by atomic mass is 16.7. The molecule has 1 aliphatic rings. The maximum Gasteiger partial charge on any atom is 0.310 e. The van der Waals surface area contributed by atoms with Gasteiger partial charge in [-0.2, -0.15) is 0 Å². The fourth-order valence-electron chi connectivity index (χ4n) is 1.73. The van der Waals surface area contributed by atoms with Crippen LogP contribution in [-0.2, 0) is 4.79 Å². The highest BCUT2D eigenvalue weighted by Crippen LogP contribution is 2.41. The highest BCUT2D eigenvalue weighted by Gasteiger charge is 2.35. The van der Waals surface area contributed by atoms with Crippen LogP contribution in [0.1, 0.15) is 38.7 Å². The van der Waals surface area contributed by atoms with Crippen LogP contribution in [-0.4, -0.2) is 16.9 Å². The van der Waals surface area contributed by atoms with Crippen molar-refractivity contribution in [3.8, 4) is 11.5 Å². The number of carbonyl (C=O) groups is 1. The molecule has 0 aliphatic carbocycles. The van der Waals surface area contributed by atoms with Gasteiger partial charge in [0.2, 0.25) is 5.79 Å². The third-order valence-electron chi connectivity index (χ3n) is 3.13. The minimum absolute atomic E-state index is 0.544. The van der Waals surface area contributed by atoms with Gasteiger partial charge in [-0.05, 0) is 24.6 Å². The van der Waals surface area contributed by atoms with Gasteiger partial charge in [0, 0.05) is 13.3 Å². The monoisotopic (exact) mass is 236 g/mol. The van der Waals surface area contributed by atoms with Crippen molar-refractivity contribution >= 4 is 5.97 Å². The third kappa shape index (κ3) is 2.07. The number of carboxylic acid groups (broad SMARTS) is 1. The quantitative estimate of drug-likeness (QED) is 0.876. The Balaban J connectivity index is 2.30. The zero-order chi connectivity index (χ0) is 12.6. The molecular formula is C13H16O4. The fraction of sp³-hybridized carbons (Fsp3) is 0.462. The lowest BCUT2D eigenvalue weighted by atomic mass is 10.0. The lowest BCUT2D eigenvalue weighted by molar-refractivity contribution is -0.138. The summed E-state index contributed by atoms with van der Waals surface area (Å²) in [7, 11) is 0.